The van der Waals surface area contributed by atoms with Crippen molar-refractivity contribution >= 4 is 22.9 Å². The van der Waals surface area contributed by atoms with Crippen LogP contribution >= 0.6 is 0 Å². The minimum absolute atomic E-state index is 0.116. The maximum Gasteiger partial charge on any atom is 0.246 e. The molecule has 5 rings (SSSR count). The van der Waals surface area contributed by atoms with E-state index in [4.69, 9.17) is 9.47 Å². The van der Waals surface area contributed by atoms with Crippen LogP contribution in [-0.4, -0.2) is 40.9 Å². The predicted molar refractivity (Wildman–Crippen MR) is 137 cm³/mol. The molecule has 1 atom stereocenters. The summed E-state index contributed by atoms with van der Waals surface area (Å²) in [4.78, 5) is 14.6. The molecule has 3 aromatic carbocycles. The molecular formula is C29H28N2O4. The number of benzene rings is 3. The zero-order valence-electron chi connectivity index (χ0n) is 19.8. The smallest absolute Gasteiger partial charge is 0.246 e. The van der Waals surface area contributed by atoms with E-state index in [1.54, 1.807) is 18.0 Å². The van der Waals surface area contributed by atoms with Crippen LogP contribution in [0, 0.1) is 0 Å². The van der Waals surface area contributed by atoms with E-state index in [2.05, 4.69) is 16.7 Å². The maximum atomic E-state index is 12.9. The Labute approximate surface area is 204 Å². The van der Waals surface area contributed by atoms with Gasteiger partial charge in [0.15, 0.2) is 11.5 Å². The number of likely N-dealkylation sites (N-methyl/N-ethyl adjacent to an activating group) is 1. The summed E-state index contributed by atoms with van der Waals surface area (Å²) in [5.74, 6) is 1.34. The number of rotatable bonds is 7. The topological polar surface area (TPSA) is 63.9 Å². The van der Waals surface area contributed by atoms with Crippen molar-refractivity contribution in [2.75, 3.05) is 20.4 Å². The fourth-order valence-corrected chi connectivity index (χ4v) is 4.53. The number of ether oxygens (including phenoxy) is 2. The average molecular weight is 469 g/mol. The fourth-order valence-electron chi connectivity index (χ4n) is 4.53. The number of fused-ring (bicyclic) bond motifs is 2. The van der Waals surface area contributed by atoms with Crippen molar-refractivity contribution in [3.63, 3.8) is 0 Å². The predicted octanol–water partition coefficient (Wildman–Crippen LogP) is 5.17. The highest BCUT2D eigenvalue weighted by Crippen LogP contribution is 2.39. The average Bonchev–Trinajstić information content (AvgIpc) is 3.48. The molecule has 0 spiro atoms. The summed E-state index contributed by atoms with van der Waals surface area (Å²) in [6.07, 6.45) is 3.35. The standard InChI is InChI=1S/C29H28N2O4/c1-30(17-16-25(32)20-8-4-3-5-9-20)28(33)15-13-23-22-10-6-7-11-24(22)31(2)29(23)21-12-14-26-27(18-21)35-19-34-26/h3-15,18,25,32H,16-17,19H2,1-2H3/b15-13+. The highest BCUT2D eigenvalue weighted by Gasteiger charge is 2.19. The lowest BCUT2D eigenvalue weighted by molar-refractivity contribution is -0.125. The number of hydrogen-bond acceptors (Lipinski definition) is 4. The van der Waals surface area contributed by atoms with Gasteiger partial charge in [0.05, 0.1) is 11.8 Å². The number of carbonyl (C=O) groups excluding carboxylic acids is 1. The molecule has 35 heavy (non-hydrogen) atoms. The number of aliphatic hydroxyl groups excluding tert-OH is 1. The molecule has 1 aliphatic rings. The minimum atomic E-state index is -0.605. The quantitative estimate of drug-likeness (QED) is 0.380. The van der Waals surface area contributed by atoms with E-state index in [1.807, 2.05) is 73.8 Å². The van der Waals surface area contributed by atoms with Gasteiger partial charge in [-0.05, 0) is 42.3 Å². The normalized spacial score (nSPS) is 13.5. The van der Waals surface area contributed by atoms with Gasteiger partial charge in [-0.15, -0.1) is 0 Å². The highest BCUT2D eigenvalue weighted by molar-refractivity contribution is 6.01. The third kappa shape index (κ3) is 4.53. The van der Waals surface area contributed by atoms with Gasteiger partial charge in [0.25, 0.3) is 0 Å². The molecule has 0 saturated heterocycles. The molecule has 4 aromatic rings. The Morgan fingerprint density at radius 1 is 1.06 bits per heavy atom. The molecule has 0 saturated carbocycles. The number of nitrogens with zero attached hydrogens (tertiary/aromatic N) is 2. The molecular weight excluding hydrogens is 440 g/mol. The van der Waals surface area contributed by atoms with E-state index in [9.17, 15) is 9.90 Å². The summed E-state index contributed by atoms with van der Waals surface area (Å²) < 4.78 is 13.2. The SMILES string of the molecule is CN(CCC(O)c1ccccc1)C(=O)/C=C/c1c(-c2ccc3c(c2)OCO3)n(C)c2ccccc12. The van der Waals surface area contributed by atoms with Gasteiger partial charge in [0.2, 0.25) is 12.7 Å². The third-order valence-electron chi connectivity index (χ3n) is 6.48. The van der Waals surface area contributed by atoms with Gasteiger partial charge in [-0.1, -0.05) is 48.5 Å². The van der Waals surface area contributed by atoms with Crippen molar-refractivity contribution in [1.29, 1.82) is 0 Å². The zero-order chi connectivity index (χ0) is 24.4. The Bertz CT molecular complexity index is 1390. The Hall–Kier alpha value is -4.03. The van der Waals surface area contributed by atoms with Crippen LogP contribution in [0.1, 0.15) is 23.7 Å². The number of carbonyl (C=O) groups is 1. The van der Waals surface area contributed by atoms with E-state index in [1.165, 1.54) is 0 Å². The third-order valence-corrected chi connectivity index (χ3v) is 6.48. The summed E-state index contributed by atoms with van der Waals surface area (Å²) in [6.45, 7) is 0.671. The van der Waals surface area contributed by atoms with Gasteiger partial charge >= 0.3 is 0 Å². The lowest BCUT2D eigenvalue weighted by atomic mass is 10.0. The van der Waals surface area contributed by atoms with Crippen LogP contribution < -0.4 is 9.47 Å². The largest absolute Gasteiger partial charge is 0.454 e. The van der Waals surface area contributed by atoms with Crippen molar-refractivity contribution in [1.82, 2.24) is 9.47 Å². The molecule has 0 fully saturated rings. The first-order chi connectivity index (χ1) is 17.0. The molecule has 6 heteroatoms. The molecule has 6 nitrogen and oxygen atoms in total. The van der Waals surface area contributed by atoms with Crippen LogP contribution in [0.5, 0.6) is 11.5 Å². The van der Waals surface area contributed by atoms with Gasteiger partial charge in [-0.25, -0.2) is 0 Å². The molecule has 1 aliphatic heterocycles. The first-order valence-corrected chi connectivity index (χ1v) is 11.7. The number of amides is 1. The molecule has 1 unspecified atom stereocenters. The van der Waals surface area contributed by atoms with E-state index < -0.39 is 6.10 Å². The Balaban J connectivity index is 1.40. The maximum absolute atomic E-state index is 12.9. The number of aliphatic hydroxyl groups is 1. The van der Waals surface area contributed by atoms with E-state index in [0.29, 0.717) is 13.0 Å². The zero-order valence-corrected chi connectivity index (χ0v) is 19.8. The van der Waals surface area contributed by atoms with Gasteiger partial charge in [-0.3, -0.25) is 4.79 Å². The van der Waals surface area contributed by atoms with Crippen molar-refractivity contribution in [2.45, 2.75) is 12.5 Å². The minimum Gasteiger partial charge on any atom is -0.454 e. The van der Waals surface area contributed by atoms with Crippen LogP contribution in [0.25, 0.3) is 28.2 Å². The second-order valence-electron chi connectivity index (χ2n) is 8.71. The monoisotopic (exact) mass is 468 g/mol. The molecule has 1 aromatic heterocycles. The molecule has 1 amide bonds. The lowest BCUT2D eigenvalue weighted by Crippen LogP contribution is -2.27. The van der Waals surface area contributed by atoms with Crippen molar-refractivity contribution < 1.29 is 19.4 Å². The van der Waals surface area contributed by atoms with Crippen molar-refractivity contribution in [2.24, 2.45) is 7.05 Å². The second-order valence-corrected chi connectivity index (χ2v) is 8.71. The number of aryl methyl sites for hydroxylation is 1. The van der Waals surface area contributed by atoms with E-state index >= 15 is 0 Å². The first kappa shape index (κ1) is 22.7. The first-order valence-electron chi connectivity index (χ1n) is 11.7. The summed E-state index contributed by atoms with van der Waals surface area (Å²) >= 11 is 0. The fraction of sp³-hybridized carbons (Fsp3) is 0.207. The molecule has 0 bridgehead atoms. The highest BCUT2D eigenvalue weighted by atomic mass is 16.7. The summed E-state index contributed by atoms with van der Waals surface area (Å²) in [5, 5.41) is 11.5. The number of para-hydroxylation sites is 1. The van der Waals surface area contributed by atoms with Crippen LogP contribution in [0.15, 0.2) is 78.9 Å². The van der Waals surface area contributed by atoms with Gasteiger partial charge < -0.3 is 24.0 Å². The lowest BCUT2D eigenvalue weighted by Gasteiger charge is -2.18. The number of aromatic nitrogens is 1. The van der Waals surface area contributed by atoms with Crippen LogP contribution in [-0.2, 0) is 11.8 Å². The molecule has 2 heterocycles. The second kappa shape index (κ2) is 9.68. The van der Waals surface area contributed by atoms with Gasteiger partial charge in [-0.2, -0.15) is 0 Å². The van der Waals surface area contributed by atoms with Crippen LogP contribution in [0.4, 0.5) is 0 Å². The van der Waals surface area contributed by atoms with Crippen molar-refractivity contribution in [3.8, 4) is 22.8 Å². The summed E-state index contributed by atoms with van der Waals surface area (Å²) in [5.41, 5.74) is 4.88. The Morgan fingerprint density at radius 3 is 2.63 bits per heavy atom. The molecule has 178 valence electrons. The van der Waals surface area contributed by atoms with Crippen LogP contribution in [0.3, 0.4) is 0 Å². The molecule has 1 N–H and O–H groups in total. The van der Waals surface area contributed by atoms with E-state index in [0.717, 1.165) is 44.8 Å². The summed E-state index contributed by atoms with van der Waals surface area (Å²) in [7, 11) is 3.78. The molecule has 0 aliphatic carbocycles. The Morgan fingerprint density at radius 2 is 1.80 bits per heavy atom. The molecule has 0 radical (unpaired) electrons. The Kier molecular flexibility index (Phi) is 6.29. The van der Waals surface area contributed by atoms with Gasteiger partial charge in [0.1, 0.15) is 0 Å². The summed E-state index contributed by atoms with van der Waals surface area (Å²) in [6, 6.07) is 23.6. The van der Waals surface area contributed by atoms with Gasteiger partial charge in [0, 0.05) is 48.7 Å². The van der Waals surface area contributed by atoms with Crippen LogP contribution in [0.2, 0.25) is 0 Å². The van der Waals surface area contributed by atoms with E-state index in [-0.39, 0.29) is 12.7 Å². The van der Waals surface area contributed by atoms with Crippen molar-refractivity contribution in [3.05, 3.63) is 90.0 Å². The number of hydrogen-bond donors (Lipinski definition) is 1.